The third kappa shape index (κ3) is 4.83. The minimum atomic E-state index is 0.420. The van der Waals surface area contributed by atoms with Crippen molar-refractivity contribution in [2.75, 3.05) is 26.2 Å². The molecular weight excluding hydrogens is 298 g/mol. The zero-order valence-corrected chi connectivity index (χ0v) is 15.1. The molecule has 3 heteroatoms. The van der Waals surface area contributed by atoms with Gasteiger partial charge in [-0.2, -0.15) is 0 Å². The van der Waals surface area contributed by atoms with Gasteiger partial charge in [-0.1, -0.05) is 18.1 Å². The number of ketones is 1. The second-order valence-corrected chi connectivity index (χ2v) is 7.43. The van der Waals surface area contributed by atoms with Crippen molar-refractivity contribution in [3.63, 3.8) is 0 Å². The van der Waals surface area contributed by atoms with E-state index < -0.39 is 0 Å². The summed E-state index contributed by atoms with van der Waals surface area (Å²) in [5, 5.41) is 0. The van der Waals surface area contributed by atoms with Crippen molar-refractivity contribution in [1.82, 2.24) is 4.90 Å². The Hall–Kier alpha value is -1.35. The van der Waals surface area contributed by atoms with Crippen LogP contribution in [0.5, 0.6) is 0 Å². The minimum absolute atomic E-state index is 0.420. The average molecular weight is 329 g/mol. The number of hydrogen-bond donors (Lipinski definition) is 0. The van der Waals surface area contributed by atoms with Gasteiger partial charge in [-0.3, -0.25) is 4.79 Å². The summed E-state index contributed by atoms with van der Waals surface area (Å²) in [6.45, 7) is 6.69. The van der Waals surface area contributed by atoms with Crippen LogP contribution < -0.4 is 0 Å². The molecule has 1 aliphatic heterocycles. The van der Waals surface area contributed by atoms with Gasteiger partial charge in [-0.25, -0.2) is 0 Å². The maximum atomic E-state index is 11.4. The fraction of sp³-hybridized carbons (Fsp3) is 0.667. The molecule has 0 aromatic rings. The van der Waals surface area contributed by atoms with E-state index in [0.29, 0.717) is 5.78 Å². The molecule has 0 atom stereocenters. The highest BCUT2D eigenvalue weighted by Crippen LogP contribution is 2.31. The number of hydrogen-bond acceptors (Lipinski definition) is 3. The molecule has 1 saturated heterocycles. The Morgan fingerprint density at radius 2 is 1.79 bits per heavy atom. The summed E-state index contributed by atoms with van der Waals surface area (Å²) >= 11 is 0. The molecule has 0 amide bonds. The molecule has 0 aromatic heterocycles. The van der Waals surface area contributed by atoms with E-state index in [1.54, 1.807) is 0 Å². The first kappa shape index (κ1) is 17.5. The Morgan fingerprint density at radius 1 is 1.04 bits per heavy atom. The molecule has 0 unspecified atom stereocenters. The molecule has 1 saturated carbocycles. The van der Waals surface area contributed by atoms with Gasteiger partial charge in [-0.15, -0.1) is 0 Å². The van der Waals surface area contributed by atoms with E-state index in [4.69, 9.17) is 4.74 Å². The standard InChI is InChI=1S/C21H31NO2/c1-17-16-19(18-6-9-20(23)10-7-18)8-11-21(17)24-15-5-14-22-12-3-2-4-13-22/h8,11H,2-7,9-10,12-16H2,1H3. The van der Waals surface area contributed by atoms with E-state index >= 15 is 0 Å². The highest BCUT2D eigenvalue weighted by atomic mass is 16.5. The first-order valence-electron chi connectivity index (χ1n) is 9.68. The number of piperidine rings is 1. The molecule has 0 N–H and O–H groups in total. The van der Waals surface area contributed by atoms with Gasteiger partial charge in [0.15, 0.2) is 0 Å². The van der Waals surface area contributed by atoms with Crippen LogP contribution in [0.4, 0.5) is 0 Å². The Kier molecular flexibility index (Phi) is 6.30. The van der Waals surface area contributed by atoms with E-state index in [1.165, 1.54) is 55.6 Å². The summed E-state index contributed by atoms with van der Waals surface area (Å²) in [5.74, 6) is 1.48. The van der Waals surface area contributed by atoms with Crippen molar-refractivity contribution >= 4 is 5.78 Å². The number of carbonyl (C=O) groups excluding carboxylic acids is 1. The number of rotatable bonds is 5. The maximum Gasteiger partial charge on any atom is 0.133 e. The predicted octanol–water partition coefficient (Wildman–Crippen LogP) is 4.55. The number of Topliss-reactive ketones (excluding diaryl/α,β-unsaturated/α-hetero) is 1. The van der Waals surface area contributed by atoms with Gasteiger partial charge in [-0.05, 0) is 75.8 Å². The summed E-state index contributed by atoms with van der Waals surface area (Å²) in [4.78, 5) is 14.0. The Morgan fingerprint density at radius 3 is 2.50 bits per heavy atom. The zero-order valence-electron chi connectivity index (χ0n) is 15.1. The van der Waals surface area contributed by atoms with Crippen LogP contribution in [0.3, 0.4) is 0 Å². The van der Waals surface area contributed by atoms with Crippen LogP contribution in [-0.4, -0.2) is 36.9 Å². The lowest BCUT2D eigenvalue weighted by Crippen LogP contribution is -2.31. The summed E-state index contributed by atoms with van der Waals surface area (Å²) in [6.07, 6.45) is 13.9. The van der Waals surface area contributed by atoms with Crippen LogP contribution >= 0.6 is 0 Å². The number of likely N-dealkylation sites (tertiary alicyclic amines) is 1. The average Bonchev–Trinajstić information content (AvgIpc) is 2.61. The predicted molar refractivity (Wildman–Crippen MR) is 97.8 cm³/mol. The molecule has 2 aliphatic carbocycles. The monoisotopic (exact) mass is 329 g/mol. The molecule has 0 bridgehead atoms. The Bertz CT molecular complexity index is 538. The van der Waals surface area contributed by atoms with Crippen LogP contribution in [0, 0.1) is 0 Å². The molecule has 3 rings (SSSR count). The van der Waals surface area contributed by atoms with E-state index in [0.717, 1.165) is 50.9 Å². The lowest BCUT2D eigenvalue weighted by Gasteiger charge is -2.26. The van der Waals surface area contributed by atoms with Crippen molar-refractivity contribution in [3.05, 3.63) is 34.6 Å². The third-order valence-electron chi connectivity index (χ3n) is 5.50. The largest absolute Gasteiger partial charge is 0.494 e. The quantitative estimate of drug-likeness (QED) is 0.693. The second-order valence-electron chi connectivity index (χ2n) is 7.43. The summed E-state index contributed by atoms with van der Waals surface area (Å²) < 4.78 is 6.03. The van der Waals surface area contributed by atoms with Gasteiger partial charge in [0.2, 0.25) is 0 Å². The Balaban J connectivity index is 1.44. The van der Waals surface area contributed by atoms with Crippen LogP contribution in [0.25, 0.3) is 0 Å². The minimum Gasteiger partial charge on any atom is -0.494 e. The van der Waals surface area contributed by atoms with Gasteiger partial charge in [0.05, 0.1) is 6.61 Å². The lowest BCUT2D eigenvalue weighted by atomic mass is 9.86. The number of allylic oxidation sites excluding steroid dienone is 5. The molecule has 0 radical (unpaired) electrons. The lowest BCUT2D eigenvalue weighted by molar-refractivity contribution is -0.119. The molecule has 3 nitrogen and oxygen atoms in total. The summed E-state index contributed by atoms with van der Waals surface area (Å²) in [5.41, 5.74) is 4.23. The molecule has 24 heavy (non-hydrogen) atoms. The second kappa shape index (κ2) is 8.66. The van der Waals surface area contributed by atoms with Crippen molar-refractivity contribution < 1.29 is 9.53 Å². The zero-order chi connectivity index (χ0) is 16.8. The smallest absolute Gasteiger partial charge is 0.133 e. The van der Waals surface area contributed by atoms with Crippen molar-refractivity contribution in [2.45, 2.75) is 64.7 Å². The Labute approximate surface area is 146 Å². The first-order valence-corrected chi connectivity index (χ1v) is 9.68. The van der Waals surface area contributed by atoms with Crippen molar-refractivity contribution in [1.29, 1.82) is 0 Å². The van der Waals surface area contributed by atoms with Crippen molar-refractivity contribution in [2.24, 2.45) is 0 Å². The summed E-state index contributed by atoms with van der Waals surface area (Å²) in [7, 11) is 0. The van der Waals surface area contributed by atoms with Crippen LogP contribution in [0.1, 0.15) is 64.7 Å². The van der Waals surface area contributed by atoms with Gasteiger partial charge >= 0.3 is 0 Å². The van der Waals surface area contributed by atoms with E-state index in [2.05, 4.69) is 24.0 Å². The van der Waals surface area contributed by atoms with Crippen LogP contribution in [0.2, 0.25) is 0 Å². The molecular formula is C21H31NO2. The molecule has 0 aromatic carbocycles. The number of carbonyl (C=O) groups is 1. The van der Waals surface area contributed by atoms with Gasteiger partial charge in [0, 0.05) is 19.4 Å². The van der Waals surface area contributed by atoms with Gasteiger partial charge in [0.25, 0.3) is 0 Å². The molecule has 3 aliphatic rings. The van der Waals surface area contributed by atoms with Crippen molar-refractivity contribution in [3.8, 4) is 0 Å². The summed E-state index contributed by atoms with van der Waals surface area (Å²) in [6, 6.07) is 0. The molecule has 0 spiro atoms. The van der Waals surface area contributed by atoms with E-state index in [1.807, 2.05) is 0 Å². The number of ether oxygens (including phenoxy) is 1. The number of nitrogens with zero attached hydrogens (tertiary/aromatic N) is 1. The van der Waals surface area contributed by atoms with Gasteiger partial charge in [0.1, 0.15) is 11.5 Å². The van der Waals surface area contributed by atoms with Gasteiger partial charge < -0.3 is 9.64 Å². The highest BCUT2D eigenvalue weighted by Gasteiger charge is 2.18. The van der Waals surface area contributed by atoms with Crippen LogP contribution in [0.15, 0.2) is 34.6 Å². The topological polar surface area (TPSA) is 29.5 Å². The van der Waals surface area contributed by atoms with E-state index in [-0.39, 0.29) is 0 Å². The molecule has 132 valence electrons. The van der Waals surface area contributed by atoms with E-state index in [9.17, 15) is 4.79 Å². The first-order chi connectivity index (χ1) is 11.7. The molecule has 1 heterocycles. The molecule has 2 fully saturated rings. The fourth-order valence-corrected chi connectivity index (χ4v) is 3.97. The third-order valence-corrected chi connectivity index (χ3v) is 5.50. The highest BCUT2D eigenvalue weighted by molar-refractivity contribution is 5.80. The SMILES string of the molecule is CC1=C(OCCCN2CCCCC2)C=CC(=C2CCC(=O)CC2)C1. The normalized spacial score (nSPS) is 23.1. The maximum absolute atomic E-state index is 11.4. The van der Waals surface area contributed by atoms with Crippen LogP contribution in [-0.2, 0) is 9.53 Å². The fourth-order valence-electron chi connectivity index (χ4n) is 3.97.